The molecule has 0 amide bonds. The van der Waals surface area contributed by atoms with Crippen molar-refractivity contribution >= 4 is 32.3 Å². The predicted molar refractivity (Wildman–Crippen MR) is 525 cm³/mol. The fourth-order valence-corrected chi connectivity index (χ4v) is 17.6. The van der Waals surface area contributed by atoms with Crippen LogP contribution in [0.1, 0.15) is 241 Å². The summed E-state index contributed by atoms with van der Waals surface area (Å²) in [6.45, 7) is 55.1. The maximum atomic E-state index is 2.41. The van der Waals surface area contributed by atoms with E-state index in [0.717, 1.165) is 38.5 Å². The average molecular weight is 1540 g/mol. The van der Waals surface area contributed by atoms with Gasteiger partial charge in [0.15, 0.2) is 0 Å². The first-order valence-electron chi connectivity index (χ1n) is 44.6. The molecule has 21 rings (SSSR count). The van der Waals surface area contributed by atoms with Gasteiger partial charge in [0.25, 0.3) is 0 Å². The standard InChI is InChI=1S/3C24H16.3C9H12.9C2H6/c1-4-10-20-15(6-1)12-18-13-17-8-5-11-21-19-9-3-2-7-16(19)14-22(20)24(18)23(17)21;1-2-9-19-15(5-1)11-12-20-21-10-4-8-17-13-16-6-3-7-18(14-22(19)20)23(16)24(17)21;1-2-6-16-14-22-20(11-15(16)5-1)13-19-10-9-18-12-17-7-3-4-8-21(17)23(18)24(19)22;3*1-7-4-8(2)6-9(3)5-7;9*1-2/h2*1-12H,13-14H2;1-11,14H,12-13H2;3*4-6H,1-3H3;9*1-2H3. The van der Waals surface area contributed by atoms with Gasteiger partial charge in [-0.15, -0.1) is 0 Å². The zero-order chi connectivity index (χ0) is 85.6. The lowest BCUT2D eigenvalue weighted by Crippen LogP contribution is -1.94. The molecule has 0 fully saturated rings. The van der Waals surface area contributed by atoms with Gasteiger partial charge < -0.3 is 0 Å². The molecule has 0 aromatic heterocycles. The third kappa shape index (κ3) is 21.5. The summed E-state index contributed by atoms with van der Waals surface area (Å²) in [6, 6.07) is 101. The van der Waals surface area contributed by atoms with E-state index in [-0.39, 0.29) is 0 Å². The van der Waals surface area contributed by atoms with E-state index in [2.05, 4.69) is 335 Å². The van der Waals surface area contributed by atoms with Crippen LogP contribution in [0.3, 0.4) is 0 Å². The highest BCUT2D eigenvalue weighted by molar-refractivity contribution is 6.04. The Morgan fingerprint density at radius 1 is 0.145 bits per heavy atom. The first kappa shape index (κ1) is 93.2. The van der Waals surface area contributed by atoms with Gasteiger partial charge in [0.1, 0.15) is 0 Å². The van der Waals surface area contributed by atoms with Crippen LogP contribution in [0, 0.1) is 62.3 Å². The van der Waals surface area contributed by atoms with Crippen LogP contribution >= 0.6 is 0 Å². The van der Waals surface area contributed by atoms with Gasteiger partial charge >= 0.3 is 0 Å². The lowest BCUT2D eigenvalue weighted by Gasteiger charge is -2.13. The zero-order valence-corrected chi connectivity index (χ0v) is 76.7. The molecular weight excluding hydrogens is 1410 g/mol. The normalized spacial score (nSPS) is 11.0. The molecule has 15 aromatic carbocycles. The predicted octanol–water partition coefficient (Wildman–Crippen LogP) is 35.0. The fourth-order valence-electron chi connectivity index (χ4n) is 17.6. The second-order valence-electron chi connectivity index (χ2n) is 28.9. The minimum Gasteiger partial charge on any atom is -0.0683 e. The Labute approximate surface area is 709 Å². The second kappa shape index (κ2) is 46.1. The van der Waals surface area contributed by atoms with Crippen LogP contribution in [0.25, 0.3) is 99.1 Å². The van der Waals surface area contributed by atoms with Crippen molar-refractivity contribution in [3.63, 3.8) is 0 Å². The van der Waals surface area contributed by atoms with Crippen molar-refractivity contribution < 1.29 is 0 Å². The number of rotatable bonds is 0. The van der Waals surface area contributed by atoms with Crippen LogP contribution in [-0.2, 0) is 38.5 Å². The van der Waals surface area contributed by atoms with Crippen molar-refractivity contribution in [3.05, 3.63) is 390 Å². The number of benzene rings is 15. The summed E-state index contributed by atoms with van der Waals surface area (Å²) in [7, 11) is 0. The molecule has 6 aliphatic carbocycles. The van der Waals surface area contributed by atoms with Crippen LogP contribution in [0.15, 0.2) is 273 Å². The smallest absolute Gasteiger partial charge is 0.000717 e. The van der Waals surface area contributed by atoms with E-state index >= 15 is 0 Å². The summed E-state index contributed by atoms with van der Waals surface area (Å²) in [6.07, 6.45) is 6.32. The third-order valence-corrected chi connectivity index (χ3v) is 21.2. The van der Waals surface area contributed by atoms with Crippen LogP contribution in [-0.4, -0.2) is 0 Å². The number of hydrogen-bond acceptors (Lipinski definition) is 0. The van der Waals surface area contributed by atoms with Gasteiger partial charge in [-0.1, -0.05) is 442 Å². The number of fused-ring (bicyclic) bond motifs is 16. The van der Waals surface area contributed by atoms with Crippen molar-refractivity contribution in [3.8, 4) is 66.8 Å². The molecule has 0 heteroatoms. The van der Waals surface area contributed by atoms with Gasteiger partial charge in [-0.05, 0) is 273 Å². The molecule has 6 aliphatic rings. The second-order valence-corrected chi connectivity index (χ2v) is 28.9. The van der Waals surface area contributed by atoms with E-state index in [0.29, 0.717) is 0 Å². The molecule has 0 bridgehead atoms. The highest BCUT2D eigenvalue weighted by Gasteiger charge is 2.32. The van der Waals surface area contributed by atoms with Gasteiger partial charge in [0.2, 0.25) is 0 Å². The molecule has 0 atom stereocenters. The van der Waals surface area contributed by atoms with Crippen LogP contribution in [0.4, 0.5) is 0 Å². The van der Waals surface area contributed by atoms with E-state index < -0.39 is 0 Å². The summed E-state index contributed by atoms with van der Waals surface area (Å²) >= 11 is 0. The van der Waals surface area contributed by atoms with Crippen molar-refractivity contribution in [2.45, 2.75) is 225 Å². The Balaban J connectivity index is 0.000000194. The SMILES string of the molecule is CC.CC.CC.CC.CC.CC.CC.CC.CC.Cc1cc(C)cc(C)c1.Cc1cc(C)cc(C)c1.Cc1cc(C)cc(C)c1.c1cc2c3c(c1)Cc1c(ccc4ccccc14)-c1cccc(c1-3)C2.c1ccc2c(c1)Cc1c3c(cc4ccccc14)Cc1cccc-2c1-3.c1ccc2c(c1)Cc1ccc3c(c1-2)-c1cc2ccccc2cc1C3. The monoisotopic (exact) mass is 1540 g/mol. The Hall–Kier alpha value is -10.9. The maximum Gasteiger partial charge on any atom is -0.000717 e. The fraction of sp³-hybridized carbons (Fsp3) is 0.282. The van der Waals surface area contributed by atoms with Crippen LogP contribution in [0.5, 0.6) is 0 Å². The molecular formula is C117H138. The molecule has 0 spiro atoms. The quantitative estimate of drug-likeness (QED) is 0.142. The summed E-state index contributed by atoms with van der Waals surface area (Å²) in [4.78, 5) is 0. The maximum absolute atomic E-state index is 2.41. The first-order chi connectivity index (χ1) is 57.2. The van der Waals surface area contributed by atoms with Crippen molar-refractivity contribution in [1.29, 1.82) is 0 Å². The zero-order valence-electron chi connectivity index (χ0n) is 76.7. The molecule has 0 saturated heterocycles. The van der Waals surface area contributed by atoms with E-state index in [4.69, 9.17) is 0 Å². The van der Waals surface area contributed by atoms with E-state index in [1.165, 1.54) is 216 Å². The Morgan fingerprint density at radius 3 is 0.923 bits per heavy atom. The summed E-state index contributed by atoms with van der Waals surface area (Å²) < 4.78 is 0. The van der Waals surface area contributed by atoms with Gasteiger partial charge in [0, 0.05) is 0 Å². The van der Waals surface area contributed by atoms with Gasteiger partial charge in [0.05, 0.1) is 0 Å². The molecule has 0 aliphatic heterocycles. The molecule has 0 unspecified atom stereocenters. The van der Waals surface area contributed by atoms with E-state index in [1.54, 1.807) is 0 Å². The van der Waals surface area contributed by atoms with Gasteiger partial charge in [-0.25, -0.2) is 0 Å². The van der Waals surface area contributed by atoms with Gasteiger partial charge in [-0.3, -0.25) is 0 Å². The topological polar surface area (TPSA) is 0 Å². The molecule has 15 aromatic rings. The Bertz CT molecular complexity index is 5450. The van der Waals surface area contributed by atoms with Crippen molar-refractivity contribution in [2.75, 3.05) is 0 Å². The Morgan fingerprint density at radius 2 is 0.436 bits per heavy atom. The lowest BCUT2D eigenvalue weighted by atomic mass is 9.91. The molecule has 606 valence electrons. The van der Waals surface area contributed by atoms with Crippen molar-refractivity contribution in [1.82, 2.24) is 0 Å². The lowest BCUT2D eigenvalue weighted by molar-refractivity contribution is 1.20. The highest BCUT2D eigenvalue weighted by atomic mass is 14.4. The largest absolute Gasteiger partial charge is 0.0683 e. The summed E-state index contributed by atoms with van der Waals surface area (Å²) in [5.74, 6) is 0. The molecule has 0 heterocycles. The molecule has 0 N–H and O–H groups in total. The molecule has 117 heavy (non-hydrogen) atoms. The van der Waals surface area contributed by atoms with Crippen molar-refractivity contribution in [2.24, 2.45) is 0 Å². The third-order valence-electron chi connectivity index (χ3n) is 21.2. The first-order valence-corrected chi connectivity index (χ1v) is 44.6. The van der Waals surface area contributed by atoms with Gasteiger partial charge in [-0.2, -0.15) is 0 Å². The van der Waals surface area contributed by atoms with E-state index in [1.807, 2.05) is 125 Å². The average Bonchev–Trinajstić information content (AvgIpc) is 1.59. The molecule has 0 nitrogen and oxygen atoms in total. The molecule has 0 saturated carbocycles. The number of aryl methyl sites for hydroxylation is 9. The van der Waals surface area contributed by atoms with E-state index in [9.17, 15) is 0 Å². The Kier molecular flexibility index (Phi) is 36.8. The minimum absolute atomic E-state index is 1.02. The van der Waals surface area contributed by atoms with Crippen LogP contribution < -0.4 is 0 Å². The number of hydrogen-bond donors (Lipinski definition) is 0. The summed E-state index contributed by atoms with van der Waals surface area (Å²) in [5, 5.41) is 8.21. The highest BCUT2D eigenvalue weighted by Crippen LogP contribution is 2.53. The molecule has 0 radical (unpaired) electrons. The minimum atomic E-state index is 1.02. The summed E-state index contributed by atoms with van der Waals surface area (Å²) in [5.41, 5.74) is 47.4. The van der Waals surface area contributed by atoms with Crippen LogP contribution in [0.2, 0.25) is 0 Å².